The highest BCUT2D eigenvalue weighted by molar-refractivity contribution is 5.94. The predicted molar refractivity (Wildman–Crippen MR) is 78.4 cm³/mol. The van der Waals surface area contributed by atoms with Gasteiger partial charge in [0, 0.05) is 12.6 Å². The fraction of sp³-hybridized carbons (Fsp3) is 0.500. The summed E-state index contributed by atoms with van der Waals surface area (Å²) in [6.07, 6.45) is 2.92. The van der Waals surface area contributed by atoms with Crippen molar-refractivity contribution in [3.63, 3.8) is 0 Å². The first-order chi connectivity index (χ1) is 11.0. The first-order valence-corrected chi connectivity index (χ1v) is 7.49. The summed E-state index contributed by atoms with van der Waals surface area (Å²) in [7, 11) is 0. The highest BCUT2D eigenvalue weighted by Gasteiger charge is 2.25. The van der Waals surface area contributed by atoms with E-state index in [1.54, 1.807) is 4.90 Å². The summed E-state index contributed by atoms with van der Waals surface area (Å²) in [6, 6.07) is 5.65. The summed E-state index contributed by atoms with van der Waals surface area (Å²) in [5, 5.41) is 0. The van der Waals surface area contributed by atoms with E-state index in [-0.39, 0.29) is 23.3 Å². The van der Waals surface area contributed by atoms with Gasteiger partial charge in [-0.2, -0.15) is 8.78 Å². The number of nitrogens with zero attached hydrogens (tertiary/aromatic N) is 1. The van der Waals surface area contributed by atoms with Crippen LogP contribution in [0.1, 0.15) is 36.5 Å². The van der Waals surface area contributed by atoms with Crippen molar-refractivity contribution in [1.82, 2.24) is 4.90 Å². The molecular formula is C16H19F2NO4. The molecule has 1 amide bonds. The smallest absolute Gasteiger partial charge is 0.387 e. The van der Waals surface area contributed by atoms with Crippen LogP contribution in [0.15, 0.2) is 24.3 Å². The normalized spacial score (nSPS) is 17.9. The molecule has 5 nitrogen and oxygen atoms in total. The van der Waals surface area contributed by atoms with Crippen molar-refractivity contribution in [2.45, 2.75) is 38.8 Å². The van der Waals surface area contributed by atoms with E-state index in [0.717, 1.165) is 19.3 Å². The average molecular weight is 327 g/mol. The molecule has 0 N–H and O–H groups in total. The van der Waals surface area contributed by atoms with E-state index in [1.807, 2.05) is 6.92 Å². The third-order valence-corrected chi connectivity index (χ3v) is 3.77. The number of esters is 1. The molecule has 1 aromatic rings. The van der Waals surface area contributed by atoms with Crippen molar-refractivity contribution in [2.75, 3.05) is 13.2 Å². The van der Waals surface area contributed by atoms with Crippen LogP contribution in [-0.2, 0) is 9.53 Å². The first kappa shape index (κ1) is 17.2. The molecule has 0 aromatic heterocycles. The maximum absolute atomic E-state index is 12.3. The van der Waals surface area contributed by atoms with Gasteiger partial charge in [-0.05, 0) is 38.3 Å². The van der Waals surface area contributed by atoms with Gasteiger partial charge in [0.2, 0.25) is 0 Å². The molecule has 1 unspecified atom stereocenters. The molecule has 7 heteroatoms. The van der Waals surface area contributed by atoms with Crippen molar-refractivity contribution in [1.29, 1.82) is 0 Å². The Morgan fingerprint density at radius 1 is 1.30 bits per heavy atom. The molecule has 1 heterocycles. The highest BCUT2D eigenvalue weighted by atomic mass is 19.3. The van der Waals surface area contributed by atoms with Crippen LogP contribution in [0.2, 0.25) is 0 Å². The Morgan fingerprint density at radius 2 is 2.04 bits per heavy atom. The average Bonchev–Trinajstić information content (AvgIpc) is 2.52. The summed E-state index contributed by atoms with van der Waals surface area (Å²) in [6.45, 7) is -0.862. The van der Waals surface area contributed by atoms with Crippen LogP contribution in [0.3, 0.4) is 0 Å². The Bertz CT molecular complexity index is 565. The van der Waals surface area contributed by atoms with E-state index in [1.165, 1.54) is 24.3 Å². The number of hydrogen-bond acceptors (Lipinski definition) is 4. The minimum absolute atomic E-state index is 0.115. The van der Waals surface area contributed by atoms with Crippen LogP contribution >= 0.6 is 0 Å². The molecule has 126 valence electrons. The number of benzene rings is 1. The van der Waals surface area contributed by atoms with Crippen LogP contribution in [0.25, 0.3) is 0 Å². The standard InChI is InChI=1S/C16H19F2NO4/c1-11-6-4-5-9-19(11)14(20)10-22-15(21)12-7-2-3-8-13(12)23-16(17)18/h2-3,7-8,11,16H,4-6,9-10H2,1H3. The van der Waals surface area contributed by atoms with Gasteiger partial charge in [0.25, 0.3) is 5.91 Å². The van der Waals surface area contributed by atoms with Crippen molar-refractivity contribution >= 4 is 11.9 Å². The molecule has 0 bridgehead atoms. The van der Waals surface area contributed by atoms with Gasteiger partial charge in [0.15, 0.2) is 6.61 Å². The van der Waals surface area contributed by atoms with E-state index in [2.05, 4.69) is 4.74 Å². The SMILES string of the molecule is CC1CCCCN1C(=O)COC(=O)c1ccccc1OC(F)F. The number of ether oxygens (including phenoxy) is 2. The van der Waals surface area contributed by atoms with E-state index >= 15 is 0 Å². The Morgan fingerprint density at radius 3 is 2.74 bits per heavy atom. The van der Waals surface area contributed by atoms with Crippen LogP contribution in [-0.4, -0.2) is 42.6 Å². The van der Waals surface area contributed by atoms with Crippen LogP contribution < -0.4 is 4.74 Å². The minimum Gasteiger partial charge on any atom is -0.452 e. The zero-order chi connectivity index (χ0) is 16.8. The number of hydrogen-bond donors (Lipinski definition) is 0. The molecule has 23 heavy (non-hydrogen) atoms. The maximum atomic E-state index is 12.3. The van der Waals surface area contributed by atoms with Crippen molar-refractivity contribution in [3.8, 4) is 5.75 Å². The van der Waals surface area contributed by atoms with Crippen molar-refractivity contribution in [2.24, 2.45) is 0 Å². The number of piperidine rings is 1. The molecule has 0 radical (unpaired) electrons. The van der Waals surface area contributed by atoms with Gasteiger partial charge >= 0.3 is 12.6 Å². The lowest BCUT2D eigenvalue weighted by molar-refractivity contribution is -0.137. The zero-order valence-electron chi connectivity index (χ0n) is 12.8. The van der Waals surface area contributed by atoms with Gasteiger partial charge in [-0.15, -0.1) is 0 Å². The van der Waals surface area contributed by atoms with Crippen LogP contribution in [0.5, 0.6) is 5.75 Å². The largest absolute Gasteiger partial charge is 0.452 e. The monoisotopic (exact) mass is 327 g/mol. The fourth-order valence-electron chi connectivity index (χ4n) is 2.59. The molecule has 1 aliphatic rings. The number of likely N-dealkylation sites (tertiary alicyclic amines) is 1. The van der Waals surface area contributed by atoms with E-state index < -0.39 is 19.2 Å². The van der Waals surface area contributed by atoms with Gasteiger partial charge < -0.3 is 14.4 Å². The molecule has 1 aliphatic heterocycles. The van der Waals surface area contributed by atoms with Gasteiger partial charge in [-0.1, -0.05) is 12.1 Å². The second-order valence-corrected chi connectivity index (χ2v) is 5.38. The molecule has 1 saturated heterocycles. The third-order valence-electron chi connectivity index (χ3n) is 3.77. The second kappa shape index (κ2) is 7.89. The number of alkyl halides is 2. The van der Waals surface area contributed by atoms with Gasteiger partial charge in [-0.25, -0.2) is 4.79 Å². The van der Waals surface area contributed by atoms with E-state index in [4.69, 9.17) is 4.74 Å². The van der Waals surface area contributed by atoms with Gasteiger partial charge in [0.05, 0.1) is 0 Å². The third kappa shape index (κ3) is 4.64. The lowest BCUT2D eigenvalue weighted by Crippen LogP contribution is -2.44. The van der Waals surface area contributed by atoms with Crippen molar-refractivity contribution in [3.05, 3.63) is 29.8 Å². The summed E-state index contributed by atoms with van der Waals surface area (Å²) in [5.74, 6) is -1.41. The summed E-state index contributed by atoms with van der Waals surface area (Å²) < 4.78 is 33.9. The Balaban J connectivity index is 1.95. The minimum atomic E-state index is -3.04. The molecular weight excluding hydrogens is 308 g/mol. The number of amides is 1. The van der Waals surface area contributed by atoms with E-state index in [0.29, 0.717) is 6.54 Å². The van der Waals surface area contributed by atoms with Crippen molar-refractivity contribution < 1.29 is 27.8 Å². The number of rotatable bonds is 5. The maximum Gasteiger partial charge on any atom is 0.387 e. The second-order valence-electron chi connectivity index (χ2n) is 5.38. The topological polar surface area (TPSA) is 55.8 Å². The molecule has 2 rings (SSSR count). The summed E-state index contributed by atoms with van der Waals surface area (Å²) in [5.41, 5.74) is -0.132. The fourth-order valence-corrected chi connectivity index (χ4v) is 2.59. The van der Waals surface area contributed by atoms with Crippen LogP contribution in [0, 0.1) is 0 Å². The number of carbonyl (C=O) groups is 2. The molecule has 1 fully saturated rings. The van der Waals surface area contributed by atoms with E-state index in [9.17, 15) is 18.4 Å². The highest BCUT2D eigenvalue weighted by Crippen LogP contribution is 2.21. The lowest BCUT2D eigenvalue weighted by atomic mass is 10.0. The zero-order valence-corrected chi connectivity index (χ0v) is 12.8. The first-order valence-electron chi connectivity index (χ1n) is 7.49. The van der Waals surface area contributed by atoms with Crippen LogP contribution in [0.4, 0.5) is 8.78 Å². The summed E-state index contributed by atoms with van der Waals surface area (Å²) in [4.78, 5) is 25.8. The molecule has 0 aliphatic carbocycles. The quantitative estimate of drug-likeness (QED) is 0.781. The van der Waals surface area contributed by atoms with Gasteiger partial charge in [-0.3, -0.25) is 4.79 Å². The molecule has 0 saturated carbocycles. The Hall–Kier alpha value is -2.18. The number of halogens is 2. The lowest BCUT2D eigenvalue weighted by Gasteiger charge is -2.33. The number of para-hydroxylation sites is 1. The Labute approximate surface area is 133 Å². The molecule has 1 atom stereocenters. The Kier molecular flexibility index (Phi) is 5.90. The molecule has 1 aromatic carbocycles. The predicted octanol–water partition coefficient (Wildman–Crippen LogP) is 2.85. The molecule has 0 spiro atoms. The summed E-state index contributed by atoms with van der Waals surface area (Å²) >= 11 is 0. The number of carbonyl (C=O) groups excluding carboxylic acids is 2. The van der Waals surface area contributed by atoms with Gasteiger partial charge in [0.1, 0.15) is 11.3 Å².